The number of rotatable bonds is 3. The van der Waals surface area contributed by atoms with Gasteiger partial charge in [0, 0.05) is 0 Å². The first-order valence-corrected chi connectivity index (χ1v) is 4.58. The molecule has 1 aromatic carbocycles. The molecular formula is C9H10ClFN4O. The first-order valence-electron chi connectivity index (χ1n) is 4.20. The van der Waals surface area contributed by atoms with Crippen molar-refractivity contribution in [1.82, 2.24) is 0 Å². The number of guanidine groups is 1. The van der Waals surface area contributed by atoms with E-state index in [1.165, 1.54) is 25.5 Å². The minimum absolute atomic E-state index is 0.103. The molecule has 0 saturated carbocycles. The maximum atomic E-state index is 13.1. The van der Waals surface area contributed by atoms with Crippen molar-refractivity contribution in [3.63, 3.8) is 0 Å². The zero-order valence-electron chi connectivity index (χ0n) is 8.45. The topological polar surface area (TPSA) is 86.0 Å². The van der Waals surface area contributed by atoms with Crippen molar-refractivity contribution in [3.8, 4) is 5.75 Å². The fourth-order valence-corrected chi connectivity index (χ4v) is 1.21. The van der Waals surface area contributed by atoms with Gasteiger partial charge in [0.25, 0.3) is 0 Å². The van der Waals surface area contributed by atoms with Gasteiger partial charge in [0.15, 0.2) is 0 Å². The summed E-state index contributed by atoms with van der Waals surface area (Å²) in [6.07, 6.45) is 1.21. The molecule has 7 heteroatoms. The third kappa shape index (κ3) is 2.83. The summed E-state index contributed by atoms with van der Waals surface area (Å²) in [4.78, 5) is 0. The Morgan fingerprint density at radius 2 is 2.19 bits per heavy atom. The van der Waals surface area contributed by atoms with Crippen LogP contribution in [0.5, 0.6) is 5.75 Å². The van der Waals surface area contributed by atoms with Crippen LogP contribution in [0.15, 0.2) is 22.3 Å². The molecule has 86 valence electrons. The fraction of sp³-hybridized carbons (Fsp3) is 0.111. The lowest BCUT2D eigenvalue weighted by Crippen LogP contribution is -2.21. The van der Waals surface area contributed by atoms with Crippen molar-refractivity contribution in [2.24, 2.45) is 21.7 Å². The Balaban J connectivity index is 3.15. The van der Waals surface area contributed by atoms with E-state index >= 15 is 0 Å². The molecule has 0 atom stereocenters. The zero-order chi connectivity index (χ0) is 12.1. The van der Waals surface area contributed by atoms with Crippen molar-refractivity contribution in [1.29, 1.82) is 0 Å². The van der Waals surface area contributed by atoms with Gasteiger partial charge in [-0.25, -0.2) is 4.39 Å². The highest BCUT2D eigenvalue weighted by Crippen LogP contribution is 2.27. The molecule has 5 nitrogen and oxygen atoms in total. The largest absolute Gasteiger partial charge is 0.496 e. The summed E-state index contributed by atoms with van der Waals surface area (Å²) in [5, 5.41) is 6.80. The molecule has 0 radical (unpaired) electrons. The molecule has 0 saturated heterocycles. The number of methoxy groups -OCH3 is 1. The Hall–Kier alpha value is -1.82. The van der Waals surface area contributed by atoms with Gasteiger partial charge in [-0.1, -0.05) is 11.6 Å². The van der Waals surface area contributed by atoms with Crippen molar-refractivity contribution in [3.05, 3.63) is 28.5 Å². The smallest absolute Gasteiger partial charge is 0.211 e. The minimum atomic E-state index is -0.575. The van der Waals surface area contributed by atoms with Gasteiger partial charge in [0.2, 0.25) is 5.96 Å². The normalized spacial score (nSPS) is 10.4. The molecule has 0 aliphatic carbocycles. The van der Waals surface area contributed by atoms with E-state index in [0.29, 0.717) is 5.75 Å². The Bertz CT molecular complexity index is 443. The Morgan fingerprint density at radius 3 is 2.75 bits per heavy atom. The average molecular weight is 245 g/mol. The van der Waals surface area contributed by atoms with Gasteiger partial charge in [0.05, 0.1) is 23.9 Å². The van der Waals surface area contributed by atoms with Crippen LogP contribution < -0.4 is 16.2 Å². The summed E-state index contributed by atoms with van der Waals surface area (Å²) < 4.78 is 18.1. The van der Waals surface area contributed by atoms with Gasteiger partial charge in [0.1, 0.15) is 11.6 Å². The molecule has 0 aliphatic heterocycles. The van der Waals surface area contributed by atoms with E-state index in [1.807, 2.05) is 0 Å². The van der Waals surface area contributed by atoms with Crippen LogP contribution in [-0.4, -0.2) is 19.3 Å². The molecule has 1 aromatic rings. The maximum absolute atomic E-state index is 13.1. The highest BCUT2D eigenvalue weighted by molar-refractivity contribution is 6.33. The van der Waals surface area contributed by atoms with E-state index in [4.69, 9.17) is 27.8 Å². The second-order valence-corrected chi connectivity index (χ2v) is 3.12. The van der Waals surface area contributed by atoms with Crippen molar-refractivity contribution < 1.29 is 9.13 Å². The number of ether oxygens (including phenoxy) is 1. The third-order valence-electron chi connectivity index (χ3n) is 1.67. The molecule has 0 amide bonds. The van der Waals surface area contributed by atoms with E-state index < -0.39 is 5.82 Å². The van der Waals surface area contributed by atoms with E-state index in [0.717, 1.165) is 0 Å². The van der Waals surface area contributed by atoms with Crippen LogP contribution in [0.3, 0.4) is 0 Å². The fourth-order valence-electron chi connectivity index (χ4n) is 1.00. The van der Waals surface area contributed by atoms with E-state index in [-0.39, 0.29) is 16.5 Å². The Morgan fingerprint density at radius 1 is 1.50 bits per heavy atom. The summed E-state index contributed by atoms with van der Waals surface area (Å²) >= 11 is 5.74. The molecule has 0 unspecified atom stereocenters. The van der Waals surface area contributed by atoms with Crippen LogP contribution in [-0.2, 0) is 0 Å². The molecule has 0 spiro atoms. The number of halogens is 2. The standard InChI is InChI=1S/C9H10ClFN4O/c1-16-7-3-2-6(11)8(10)5(7)4-14-15-9(12)13/h2-4H,1H3,(H4,12,13,15). The number of nitrogens with zero attached hydrogens (tertiary/aromatic N) is 2. The lowest BCUT2D eigenvalue weighted by atomic mass is 10.2. The van der Waals surface area contributed by atoms with Crippen molar-refractivity contribution >= 4 is 23.8 Å². The summed E-state index contributed by atoms with van der Waals surface area (Å²) in [5.41, 5.74) is 10.4. The van der Waals surface area contributed by atoms with E-state index in [2.05, 4.69) is 10.2 Å². The monoisotopic (exact) mass is 244 g/mol. The number of benzene rings is 1. The third-order valence-corrected chi connectivity index (χ3v) is 2.06. The molecule has 0 fully saturated rings. The van der Waals surface area contributed by atoms with Gasteiger partial charge >= 0.3 is 0 Å². The zero-order valence-corrected chi connectivity index (χ0v) is 9.20. The van der Waals surface area contributed by atoms with Crippen LogP contribution in [0.25, 0.3) is 0 Å². The van der Waals surface area contributed by atoms with Gasteiger partial charge in [-0.15, -0.1) is 5.10 Å². The Labute approximate surface area is 96.5 Å². The quantitative estimate of drug-likeness (QED) is 0.474. The SMILES string of the molecule is COc1ccc(F)c(Cl)c1C=NN=C(N)N. The van der Waals surface area contributed by atoms with Gasteiger partial charge in [-0.2, -0.15) is 5.10 Å². The van der Waals surface area contributed by atoms with Crippen LogP contribution >= 0.6 is 11.6 Å². The van der Waals surface area contributed by atoms with Crippen molar-refractivity contribution in [2.45, 2.75) is 0 Å². The predicted molar refractivity (Wildman–Crippen MR) is 61.4 cm³/mol. The minimum Gasteiger partial charge on any atom is -0.496 e. The molecular weight excluding hydrogens is 235 g/mol. The number of hydrogen-bond acceptors (Lipinski definition) is 3. The molecule has 0 aliphatic rings. The first kappa shape index (κ1) is 12.3. The highest BCUT2D eigenvalue weighted by Gasteiger charge is 2.10. The lowest BCUT2D eigenvalue weighted by Gasteiger charge is -2.05. The first-order chi connectivity index (χ1) is 7.56. The molecule has 0 bridgehead atoms. The van der Waals surface area contributed by atoms with Crippen LogP contribution in [0, 0.1) is 5.82 Å². The van der Waals surface area contributed by atoms with Gasteiger partial charge in [-0.3, -0.25) is 0 Å². The molecule has 1 rings (SSSR count). The summed E-state index contributed by atoms with van der Waals surface area (Å²) in [7, 11) is 1.43. The van der Waals surface area contributed by atoms with Crippen molar-refractivity contribution in [2.75, 3.05) is 7.11 Å². The number of nitrogens with two attached hydrogens (primary N) is 2. The average Bonchev–Trinajstić information content (AvgIpc) is 2.24. The molecule has 0 heterocycles. The Kier molecular flexibility index (Phi) is 4.07. The molecule has 4 N–H and O–H groups in total. The lowest BCUT2D eigenvalue weighted by molar-refractivity contribution is 0.413. The van der Waals surface area contributed by atoms with Crippen LogP contribution in [0.1, 0.15) is 5.56 Å². The molecule has 0 aromatic heterocycles. The summed E-state index contributed by atoms with van der Waals surface area (Å²) in [5.74, 6) is -0.405. The van der Waals surface area contributed by atoms with Gasteiger partial charge < -0.3 is 16.2 Å². The second kappa shape index (κ2) is 5.32. The predicted octanol–water partition coefficient (Wildman–Crippen LogP) is 1.10. The highest BCUT2D eigenvalue weighted by atomic mass is 35.5. The second-order valence-electron chi connectivity index (χ2n) is 2.75. The van der Waals surface area contributed by atoms with Gasteiger partial charge in [-0.05, 0) is 12.1 Å². The summed E-state index contributed by atoms with van der Waals surface area (Å²) in [6.45, 7) is 0. The molecule has 16 heavy (non-hydrogen) atoms. The van der Waals surface area contributed by atoms with E-state index in [9.17, 15) is 4.39 Å². The summed E-state index contributed by atoms with van der Waals surface area (Å²) in [6, 6.07) is 2.62. The van der Waals surface area contributed by atoms with Crippen LogP contribution in [0.2, 0.25) is 5.02 Å². The van der Waals surface area contributed by atoms with Crippen LogP contribution in [0.4, 0.5) is 4.39 Å². The maximum Gasteiger partial charge on any atom is 0.211 e. The number of hydrogen-bond donors (Lipinski definition) is 2. The van der Waals surface area contributed by atoms with E-state index in [1.54, 1.807) is 0 Å².